The van der Waals surface area contributed by atoms with Crippen LogP contribution in [0.3, 0.4) is 0 Å². The molecule has 1 aliphatic heterocycles. The van der Waals surface area contributed by atoms with Gasteiger partial charge in [-0.05, 0) is 91.8 Å². The van der Waals surface area contributed by atoms with Gasteiger partial charge in [-0.15, -0.1) is 0 Å². The summed E-state index contributed by atoms with van der Waals surface area (Å²) < 4.78 is 13.0. The van der Waals surface area contributed by atoms with Crippen molar-refractivity contribution in [3.8, 4) is 0 Å². The van der Waals surface area contributed by atoms with Crippen LogP contribution in [0.5, 0.6) is 0 Å². The molecule has 4 heteroatoms. The number of ether oxygens (including phenoxy) is 2. The van der Waals surface area contributed by atoms with Gasteiger partial charge in [-0.1, -0.05) is 39.3 Å². The minimum Gasteiger partial charge on any atom is -0.396 e. The zero-order chi connectivity index (χ0) is 22.9. The monoisotopic (exact) mass is 446 g/mol. The minimum absolute atomic E-state index is 0.129. The average molecular weight is 447 g/mol. The summed E-state index contributed by atoms with van der Waals surface area (Å²) in [5.74, 6) is 2.98. The van der Waals surface area contributed by atoms with Crippen molar-refractivity contribution in [3.05, 3.63) is 11.6 Å². The third kappa shape index (κ3) is 3.22. The highest BCUT2D eigenvalue weighted by Gasteiger charge is 2.68. The Bertz CT molecular complexity index is 750. The summed E-state index contributed by atoms with van der Waals surface area (Å²) in [7, 11) is 1.82. The molecule has 4 aliphatic carbocycles. The smallest absolute Gasteiger partial charge is 0.171 e. The first-order valence-corrected chi connectivity index (χ1v) is 13.4. The fourth-order valence-electron chi connectivity index (χ4n) is 9.48. The lowest BCUT2D eigenvalue weighted by molar-refractivity contribution is -0.238. The molecule has 1 heterocycles. The number of hydrogen-bond donors (Lipinski definition) is 2. The van der Waals surface area contributed by atoms with Crippen molar-refractivity contribution in [1.29, 1.82) is 0 Å². The van der Waals surface area contributed by atoms with E-state index in [0.29, 0.717) is 28.8 Å². The normalized spacial score (nSPS) is 53.1. The van der Waals surface area contributed by atoms with E-state index in [-0.39, 0.29) is 18.6 Å². The van der Waals surface area contributed by atoms with Gasteiger partial charge >= 0.3 is 0 Å². The lowest BCUT2D eigenvalue weighted by Gasteiger charge is -2.58. The second-order valence-corrected chi connectivity index (χ2v) is 12.7. The largest absolute Gasteiger partial charge is 0.396 e. The maximum atomic E-state index is 10.3. The highest BCUT2D eigenvalue weighted by molar-refractivity contribution is 5.26. The molecule has 0 radical (unpaired) electrons. The molecular weight excluding hydrogens is 400 g/mol. The van der Waals surface area contributed by atoms with Gasteiger partial charge in [0.25, 0.3) is 0 Å². The molecule has 3 saturated carbocycles. The average Bonchev–Trinajstić information content (AvgIpc) is 3.23. The van der Waals surface area contributed by atoms with Gasteiger partial charge in [0.05, 0.1) is 12.2 Å². The Hall–Kier alpha value is -0.420. The van der Waals surface area contributed by atoms with Crippen molar-refractivity contribution in [1.82, 2.24) is 0 Å². The van der Waals surface area contributed by atoms with E-state index in [9.17, 15) is 10.2 Å². The molecule has 0 spiro atoms. The Labute approximate surface area is 195 Å². The van der Waals surface area contributed by atoms with Crippen molar-refractivity contribution in [2.24, 2.45) is 46.3 Å². The molecule has 5 rings (SSSR count). The van der Waals surface area contributed by atoms with Gasteiger partial charge in [0.15, 0.2) is 5.79 Å². The summed E-state index contributed by atoms with van der Waals surface area (Å²) in [6, 6.07) is 0. The number of hydrogen-bond acceptors (Lipinski definition) is 4. The molecule has 4 fully saturated rings. The third-order valence-electron chi connectivity index (χ3n) is 11.4. The van der Waals surface area contributed by atoms with Crippen LogP contribution >= 0.6 is 0 Å². The molecule has 0 unspecified atom stereocenters. The van der Waals surface area contributed by atoms with Crippen LogP contribution in [-0.2, 0) is 9.47 Å². The number of allylic oxidation sites excluding steroid dienone is 1. The molecule has 0 aromatic rings. The van der Waals surface area contributed by atoms with Crippen LogP contribution in [0.25, 0.3) is 0 Å². The molecule has 0 amide bonds. The van der Waals surface area contributed by atoms with Crippen molar-refractivity contribution in [2.75, 3.05) is 13.7 Å². The SMILES string of the molecule is CO[C@]1(CC[C@@H](C)CO)O[C@H]2C[C@H]3[C@@H]4CC=C5C[C@@H](O)CC[C@]5(C)[C@H]4CC[C@]3(C)[C@H]2[C@@H]1C. The summed E-state index contributed by atoms with van der Waals surface area (Å²) in [6.07, 6.45) is 12.5. The Morgan fingerprint density at radius 1 is 1.22 bits per heavy atom. The van der Waals surface area contributed by atoms with E-state index in [1.165, 1.54) is 25.7 Å². The van der Waals surface area contributed by atoms with Gasteiger partial charge in [-0.3, -0.25) is 0 Å². The highest BCUT2D eigenvalue weighted by Crippen LogP contribution is 2.70. The lowest BCUT2D eigenvalue weighted by Crippen LogP contribution is -2.52. The fraction of sp³-hybridized carbons (Fsp3) is 0.929. The van der Waals surface area contributed by atoms with E-state index in [1.54, 1.807) is 5.57 Å². The molecule has 5 aliphatic rings. The van der Waals surface area contributed by atoms with Crippen molar-refractivity contribution in [3.63, 3.8) is 0 Å². The zero-order valence-corrected chi connectivity index (χ0v) is 21.0. The minimum atomic E-state index is -0.491. The Morgan fingerprint density at radius 2 is 2.00 bits per heavy atom. The summed E-state index contributed by atoms with van der Waals surface area (Å²) in [5.41, 5.74) is 2.18. The molecular formula is C28H46O4. The van der Waals surface area contributed by atoms with E-state index in [1.807, 2.05) is 7.11 Å². The number of rotatable bonds is 5. The zero-order valence-electron chi connectivity index (χ0n) is 21.0. The second kappa shape index (κ2) is 8.07. The fourth-order valence-corrected chi connectivity index (χ4v) is 9.48. The Kier molecular flexibility index (Phi) is 5.88. The molecule has 0 aromatic carbocycles. The van der Waals surface area contributed by atoms with Crippen molar-refractivity contribution >= 4 is 0 Å². The van der Waals surface area contributed by atoms with Gasteiger partial charge in [0.1, 0.15) is 0 Å². The van der Waals surface area contributed by atoms with E-state index < -0.39 is 5.79 Å². The highest BCUT2D eigenvalue weighted by atomic mass is 16.7. The molecule has 0 aromatic heterocycles. The standard InChI is InChI=1S/C28H46O4/c1-17(16-29)8-13-28(31-5)18(2)25-24(32-28)15-23-21-7-6-19-14-20(30)9-11-26(19,3)22(21)10-12-27(23,25)4/h6,17-18,20-25,29-30H,7-16H2,1-5H3/t17-,18+,20+,21-,22+,23+,24+,25+,26+,27+,28-/m1/s1. The summed E-state index contributed by atoms with van der Waals surface area (Å²) in [4.78, 5) is 0. The molecule has 0 bridgehead atoms. The molecule has 32 heavy (non-hydrogen) atoms. The lowest BCUT2D eigenvalue weighted by atomic mass is 9.47. The Balaban J connectivity index is 1.39. The van der Waals surface area contributed by atoms with E-state index in [4.69, 9.17) is 9.47 Å². The summed E-state index contributed by atoms with van der Waals surface area (Å²) in [6.45, 7) is 9.80. The van der Waals surface area contributed by atoms with E-state index in [0.717, 1.165) is 49.9 Å². The molecule has 11 atom stereocenters. The topological polar surface area (TPSA) is 58.9 Å². The Morgan fingerprint density at radius 3 is 2.72 bits per heavy atom. The van der Waals surface area contributed by atoms with E-state index in [2.05, 4.69) is 33.8 Å². The summed E-state index contributed by atoms with van der Waals surface area (Å²) >= 11 is 0. The van der Waals surface area contributed by atoms with Crippen LogP contribution in [0.15, 0.2) is 11.6 Å². The van der Waals surface area contributed by atoms with Crippen LogP contribution in [0.1, 0.15) is 85.5 Å². The molecule has 182 valence electrons. The molecule has 1 saturated heterocycles. The van der Waals surface area contributed by atoms with Gasteiger partial charge in [-0.2, -0.15) is 0 Å². The number of methoxy groups -OCH3 is 1. The maximum absolute atomic E-state index is 10.3. The maximum Gasteiger partial charge on any atom is 0.171 e. The third-order valence-corrected chi connectivity index (χ3v) is 11.4. The van der Waals surface area contributed by atoms with Gasteiger partial charge in [0, 0.05) is 26.1 Å². The number of aliphatic hydroxyl groups excluding tert-OH is 2. The quantitative estimate of drug-likeness (QED) is 0.561. The first-order chi connectivity index (χ1) is 15.2. The van der Waals surface area contributed by atoms with Gasteiger partial charge < -0.3 is 19.7 Å². The van der Waals surface area contributed by atoms with Crippen LogP contribution in [0, 0.1) is 46.3 Å². The van der Waals surface area contributed by atoms with E-state index >= 15 is 0 Å². The number of aliphatic hydroxyl groups is 2. The summed E-state index contributed by atoms with van der Waals surface area (Å²) in [5, 5.41) is 19.8. The molecule has 4 nitrogen and oxygen atoms in total. The van der Waals surface area contributed by atoms with Crippen LogP contribution in [0.4, 0.5) is 0 Å². The van der Waals surface area contributed by atoms with Gasteiger partial charge in [-0.25, -0.2) is 0 Å². The first kappa shape index (κ1) is 23.3. The van der Waals surface area contributed by atoms with Crippen molar-refractivity contribution in [2.45, 2.75) is 103 Å². The first-order valence-electron chi connectivity index (χ1n) is 13.4. The second-order valence-electron chi connectivity index (χ2n) is 12.7. The molecule has 2 N–H and O–H groups in total. The predicted molar refractivity (Wildman–Crippen MR) is 126 cm³/mol. The number of fused-ring (bicyclic) bond motifs is 7. The van der Waals surface area contributed by atoms with Crippen LogP contribution in [0.2, 0.25) is 0 Å². The van der Waals surface area contributed by atoms with Crippen LogP contribution < -0.4 is 0 Å². The van der Waals surface area contributed by atoms with Gasteiger partial charge in [0.2, 0.25) is 0 Å². The predicted octanol–water partition coefficient (Wildman–Crippen LogP) is 5.32. The van der Waals surface area contributed by atoms with Crippen molar-refractivity contribution < 1.29 is 19.7 Å². The van der Waals surface area contributed by atoms with Crippen LogP contribution in [-0.4, -0.2) is 41.9 Å².